The average Bonchev–Trinajstić information content (AvgIpc) is 2.78. The molecule has 8 saturated carbocycles. The number of imide groups is 2. The molecule has 4 atom stereocenters. The molecule has 8 bridgehead atoms. The molecule has 32 heavy (non-hydrogen) atoms. The first-order valence-electron chi connectivity index (χ1n) is 13.0. The third-order valence-corrected chi connectivity index (χ3v) is 11.1. The summed E-state index contributed by atoms with van der Waals surface area (Å²) in [5, 5.41) is 0. The molecule has 174 valence electrons. The maximum absolute atomic E-state index is 14.2. The van der Waals surface area contributed by atoms with Crippen LogP contribution in [0, 0.1) is 33.5 Å². The summed E-state index contributed by atoms with van der Waals surface area (Å²) in [5.74, 6) is 0.108. The minimum atomic E-state index is -0.518. The van der Waals surface area contributed by atoms with Crippen LogP contribution < -0.4 is 0 Å². The van der Waals surface area contributed by atoms with Gasteiger partial charge in [-0.05, 0) is 111 Å². The van der Waals surface area contributed by atoms with Crippen molar-refractivity contribution in [3.8, 4) is 0 Å². The molecule has 0 N–H and O–H groups in total. The fourth-order valence-electron chi connectivity index (χ4n) is 12.6. The standard InChI is InChI=1S/C27H38N2O3/c1-22-5-17-6-23(2,11-22)14-26(9-17,13-22)28-19(30)20(31)29(21(28)32)27-10-18-7-24(3,15-27)12-25(4,8-18)16-27/h17-18H,5-16H2,1-4H3. The Hall–Kier alpha value is -1.39. The van der Waals surface area contributed by atoms with Crippen molar-refractivity contribution in [3.05, 3.63) is 0 Å². The van der Waals surface area contributed by atoms with Crippen LogP contribution >= 0.6 is 0 Å². The lowest BCUT2D eigenvalue weighted by Gasteiger charge is -2.67. The number of hydrogen-bond donors (Lipinski definition) is 0. The normalized spacial score (nSPS) is 57.9. The third kappa shape index (κ3) is 2.34. The Balaban J connectivity index is 1.29. The van der Waals surface area contributed by atoms with E-state index in [0.717, 1.165) is 38.5 Å². The number of nitrogens with zero attached hydrogens (tertiary/aromatic N) is 2. The van der Waals surface area contributed by atoms with Crippen molar-refractivity contribution in [2.24, 2.45) is 33.5 Å². The average molecular weight is 439 g/mol. The van der Waals surface area contributed by atoms with Gasteiger partial charge in [-0.2, -0.15) is 0 Å². The van der Waals surface area contributed by atoms with Crippen molar-refractivity contribution in [1.82, 2.24) is 9.80 Å². The number of hydrogen-bond acceptors (Lipinski definition) is 3. The molecular formula is C27H38N2O3. The number of carbonyl (C=O) groups excluding carboxylic acids is 3. The van der Waals surface area contributed by atoms with Crippen LogP contribution in [-0.2, 0) is 9.59 Å². The van der Waals surface area contributed by atoms with Crippen molar-refractivity contribution >= 4 is 17.8 Å². The van der Waals surface area contributed by atoms with E-state index in [4.69, 9.17) is 0 Å². The van der Waals surface area contributed by atoms with Gasteiger partial charge in [0.25, 0.3) is 0 Å². The highest BCUT2D eigenvalue weighted by Crippen LogP contribution is 2.70. The first-order valence-corrected chi connectivity index (χ1v) is 13.0. The van der Waals surface area contributed by atoms with Crippen LogP contribution in [-0.4, -0.2) is 38.7 Å². The fourth-order valence-corrected chi connectivity index (χ4v) is 12.6. The molecule has 8 aliphatic carbocycles. The van der Waals surface area contributed by atoms with E-state index >= 15 is 0 Å². The topological polar surface area (TPSA) is 57.7 Å². The van der Waals surface area contributed by atoms with Crippen molar-refractivity contribution in [3.63, 3.8) is 0 Å². The molecule has 1 aliphatic heterocycles. The van der Waals surface area contributed by atoms with Crippen LogP contribution in [0.25, 0.3) is 0 Å². The molecule has 0 spiro atoms. The molecular weight excluding hydrogens is 400 g/mol. The van der Waals surface area contributed by atoms with Gasteiger partial charge in [0.1, 0.15) is 0 Å². The summed E-state index contributed by atoms with van der Waals surface area (Å²) < 4.78 is 0. The summed E-state index contributed by atoms with van der Waals surface area (Å²) in [6.07, 6.45) is 12.6. The predicted octanol–water partition coefficient (Wildman–Crippen LogP) is 5.28. The molecule has 4 amide bonds. The maximum atomic E-state index is 14.2. The van der Waals surface area contributed by atoms with E-state index in [1.54, 1.807) is 0 Å². The highest BCUT2D eigenvalue weighted by molar-refractivity contribution is 6.45. The van der Waals surface area contributed by atoms with Crippen molar-refractivity contribution in [1.29, 1.82) is 0 Å². The summed E-state index contributed by atoms with van der Waals surface area (Å²) in [4.78, 5) is 44.5. The first-order chi connectivity index (χ1) is 14.8. The third-order valence-electron chi connectivity index (χ3n) is 11.1. The second-order valence-corrected chi connectivity index (χ2v) is 15.3. The summed E-state index contributed by atoms with van der Waals surface area (Å²) in [6.45, 7) is 9.43. The minimum Gasteiger partial charge on any atom is -0.263 e. The molecule has 1 saturated heterocycles. The molecule has 4 unspecified atom stereocenters. The molecule has 0 aromatic rings. The van der Waals surface area contributed by atoms with Crippen LogP contribution in [0.5, 0.6) is 0 Å². The summed E-state index contributed by atoms with van der Waals surface area (Å²) in [7, 11) is 0. The van der Waals surface area contributed by atoms with Crippen molar-refractivity contribution in [2.45, 2.75) is 116 Å². The number of carbonyl (C=O) groups is 3. The van der Waals surface area contributed by atoms with E-state index in [0.29, 0.717) is 11.8 Å². The Kier molecular flexibility index (Phi) is 3.32. The largest absolute Gasteiger partial charge is 0.335 e. The van der Waals surface area contributed by atoms with E-state index in [9.17, 15) is 14.4 Å². The second-order valence-electron chi connectivity index (χ2n) is 15.3. The molecule has 9 rings (SSSR count). The lowest BCUT2D eigenvalue weighted by Crippen LogP contribution is -2.68. The maximum Gasteiger partial charge on any atom is 0.335 e. The Morgan fingerprint density at radius 3 is 1.12 bits per heavy atom. The zero-order valence-electron chi connectivity index (χ0n) is 20.3. The van der Waals surface area contributed by atoms with Gasteiger partial charge in [0.2, 0.25) is 0 Å². The van der Waals surface area contributed by atoms with Crippen LogP contribution in [0.4, 0.5) is 4.79 Å². The van der Waals surface area contributed by atoms with Crippen molar-refractivity contribution in [2.75, 3.05) is 0 Å². The summed E-state index contributed by atoms with van der Waals surface area (Å²) >= 11 is 0. The minimum absolute atomic E-state index is 0.187. The zero-order chi connectivity index (χ0) is 22.5. The van der Waals surface area contributed by atoms with Gasteiger partial charge in [-0.15, -0.1) is 0 Å². The molecule has 9 fully saturated rings. The van der Waals surface area contributed by atoms with Crippen molar-refractivity contribution < 1.29 is 14.4 Å². The predicted molar refractivity (Wildman–Crippen MR) is 119 cm³/mol. The van der Waals surface area contributed by atoms with Gasteiger partial charge in [0.15, 0.2) is 0 Å². The quantitative estimate of drug-likeness (QED) is 0.436. The summed E-state index contributed by atoms with van der Waals surface area (Å²) in [5.41, 5.74) is -0.144. The molecule has 1 heterocycles. The van der Waals surface area contributed by atoms with E-state index < -0.39 is 22.9 Å². The second kappa shape index (κ2) is 5.30. The first kappa shape index (κ1) is 20.0. The lowest BCUT2D eigenvalue weighted by atomic mass is 9.42. The molecule has 0 radical (unpaired) electrons. The highest BCUT2D eigenvalue weighted by atomic mass is 16.2. The van der Waals surface area contributed by atoms with Gasteiger partial charge in [0.05, 0.1) is 11.1 Å². The Labute approximate surface area is 191 Å². The van der Waals surface area contributed by atoms with Crippen LogP contribution in [0.2, 0.25) is 0 Å². The summed E-state index contributed by atoms with van der Waals surface area (Å²) in [6, 6.07) is -0.261. The SMILES string of the molecule is CC12CC3CC(C)(C1)CC(N1C(=O)C(=O)N(C45CC6CC(C)(CC(C)(C6)C4)C5)C1=O)(C3)C2. The highest BCUT2D eigenvalue weighted by Gasteiger charge is 2.70. The Bertz CT molecular complexity index is 873. The van der Waals surface area contributed by atoms with Crippen LogP contribution in [0.1, 0.15) is 105 Å². The molecule has 5 heteroatoms. The van der Waals surface area contributed by atoms with E-state index in [2.05, 4.69) is 27.7 Å². The van der Waals surface area contributed by atoms with E-state index in [1.165, 1.54) is 48.3 Å². The van der Waals surface area contributed by atoms with Gasteiger partial charge in [-0.3, -0.25) is 9.59 Å². The Morgan fingerprint density at radius 1 is 0.531 bits per heavy atom. The smallest absolute Gasteiger partial charge is 0.263 e. The zero-order valence-corrected chi connectivity index (χ0v) is 20.3. The number of rotatable bonds is 2. The molecule has 0 aromatic carbocycles. The van der Waals surface area contributed by atoms with E-state index in [1.807, 2.05) is 0 Å². The molecule has 5 nitrogen and oxygen atoms in total. The Morgan fingerprint density at radius 2 is 0.844 bits per heavy atom. The lowest BCUT2D eigenvalue weighted by molar-refractivity contribution is -0.167. The van der Waals surface area contributed by atoms with Gasteiger partial charge in [-0.25, -0.2) is 14.6 Å². The van der Waals surface area contributed by atoms with Gasteiger partial charge in [0, 0.05) is 0 Å². The fraction of sp³-hybridized carbons (Fsp3) is 0.889. The van der Waals surface area contributed by atoms with Crippen LogP contribution in [0.15, 0.2) is 0 Å². The van der Waals surface area contributed by atoms with E-state index in [-0.39, 0.29) is 27.7 Å². The van der Waals surface area contributed by atoms with Gasteiger partial charge < -0.3 is 0 Å². The van der Waals surface area contributed by atoms with Gasteiger partial charge in [-0.1, -0.05) is 27.7 Å². The molecule has 0 aromatic heterocycles. The number of amides is 4. The van der Waals surface area contributed by atoms with Gasteiger partial charge >= 0.3 is 17.8 Å². The number of urea groups is 1. The molecule has 9 aliphatic rings. The monoisotopic (exact) mass is 438 g/mol. The van der Waals surface area contributed by atoms with Crippen LogP contribution in [0.3, 0.4) is 0 Å².